The van der Waals surface area contributed by atoms with Gasteiger partial charge >= 0.3 is 0 Å². The average Bonchev–Trinajstić information content (AvgIpc) is 2.97. The number of ether oxygens (including phenoxy) is 2. The van der Waals surface area contributed by atoms with Crippen molar-refractivity contribution in [3.05, 3.63) is 56.1 Å². The van der Waals surface area contributed by atoms with E-state index in [1.165, 1.54) is 0 Å². The third-order valence-electron chi connectivity index (χ3n) is 3.43. The van der Waals surface area contributed by atoms with Crippen LogP contribution in [0.25, 0.3) is 0 Å². The quantitative estimate of drug-likeness (QED) is 0.745. The second-order valence-corrected chi connectivity index (χ2v) is 6.51. The predicted molar refractivity (Wildman–Crippen MR) is 92.6 cm³/mol. The van der Waals surface area contributed by atoms with Gasteiger partial charge < -0.3 is 14.8 Å². The highest BCUT2D eigenvalue weighted by molar-refractivity contribution is 14.1. The fourth-order valence-corrected chi connectivity index (χ4v) is 2.82. The van der Waals surface area contributed by atoms with E-state index >= 15 is 0 Å². The minimum absolute atomic E-state index is 0.139. The van der Waals surface area contributed by atoms with E-state index in [0.29, 0.717) is 16.3 Å². The summed E-state index contributed by atoms with van der Waals surface area (Å²) in [6, 6.07) is 10.7. The molecule has 0 saturated heterocycles. The first kappa shape index (κ1) is 15.4. The van der Waals surface area contributed by atoms with Gasteiger partial charge in [0, 0.05) is 9.13 Å². The summed E-state index contributed by atoms with van der Waals surface area (Å²) in [6.45, 7) is 2.17. The fourth-order valence-electron chi connectivity index (χ4n) is 2.18. The Labute approximate surface area is 146 Å². The second kappa shape index (κ2) is 6.34. The molecular formula is C16H13ClINO3. The van der Waals surface area contributed by atoms with Crippen molar-refractivity contribution in [3.63, 3.8) is 0 Å². The van der Waals surface area contributed by atoms with Crippen LogP contribution in [0.4, 0.5) is 0 Å². The molecule has 22 heavy (non-hydrogen) atoms. The first-order chi connectivity index (χ1) is 10.5. The molecule has 6 heteroatoms. The van der Waals surface area contributed by atoms with Crippen LogP contribution in [0.3, 0.4) is 0 Å². The number of hydrogen-bond acceptors (Lipinski definition) is 3. The van der Waals surface area contributed by atoms with Gasteiger partial charge in [-0.05, 0) is 65.4 Å². The van der Waals surface area contributed by atoms with E-state index in [9.17, 15) is 4.79 Å². The van der Waals surface area contributed by atoms with Gasteiger partial charge in [-0.2, -0.15) is 0 Å². The van der Waals surface area contributed by atoms with Gasteiger partial charge in [0.15, 0.2) is 11.5 Å². The van der Waals surface area contributed by atoms with Crippen molar-refractivity contribution in [2.45, 2.75) is 13.0 Å². The van der Waals surface area contributed by atoms with Crippen LogP contribution in [0, 0.1) is 3.57 Å². The molecule has 0 radical (unpaired) electrons. The summed E-state index contributed by atoms with van der Waals surface area (Å²) in [5.41, 5.74) is 1.54. The number of hydrogen-bond donors (Lipinski definition) is 1. The molecule has 1 heterocycles. The standard InChI is InChI=1S/C16H13ClINO3/c1-9(10-3-5-14-15(7-10)22-8-21-14)19-16(20)11-2-4-12(17)13(18)6-11/h2-7,9H,8H2,1H3,(H,19,20). The number of carbonyl (C=O) groups excluding carboxylic acids is 1. The van der Waals surface area contributed by atoms with Crippen LogP contribution in [0.5, 0.6) is 11.5 Å². The third-order valence-corrected chi connectivity index (χ3v) is 4.97. The first-order valence-corrected chi connectivity index (χ1v) is 8.16. The van der Waals surface area contributed by atoms with Crippen LogP contribution < -0.4 is 14.8 Å². The SMILES string of the molecule is CC(NC(=O)c1ccc(Cl)c(I)c1)c1ccc2c(c1)OCO2. The number of halogens is 2. The molecule has 3 rings (SSSR count). The van der Waals surface area contributed by atoms with Crippen LogP contribution in [-0.4, -0.2) is 12.7 Å². The molecule has 1 aliphatic rings. The van der Waals surface area contributed by atoms with Gasteiger partial charge in [0.2, 0.25) is 6.79 Å². The van der Waals surface area contributed by atoms with Crippen LogP contribution in [-0.2, 0) is 0 Å². The Kier molecular flexibility index (Phi) is 4.44. The van der Waals surface area contributed by atoms with Gasteiger partial charge in [0.05, 0.1) is 11.1 Å². The maximum absolute atomic E-state index is 12.3. The van der Waals surface area contributed by atoms with E-state index in [1.807, 2.05) is 25.1 Å². The van der Waals surface area contributed by atoms with E-state index in [-0.39, 0.29) is 18.7 Å². The van der Waals surface area contributed by atoms with E-state index in [4.69, 9.17) is 21.1 Å². The lowest BCUT2D eigenvalue weighted by molar-refractivity contribution is 0.0939. The second-order valence-electron chi connectivity index (χ2n) is 4.94. The molecule has 1 amide bonds. The Morgan fingerprint density at radius 1 is 1.23 bits per heavy atom. The summed E-state index contributed by atoms with van der Waals surface area (Å²) < 4.78 is 11.5. The lowest BCUT2D eigenvalue weighted by Crippen LogP contribution is -2.26. The van der Waals surface area contributed by atoms with Gasteiger partial charge in [0.1, 0.15) is 0 Å². The van der Waals surface area contributed by atoms with Crippen molar-refractivity contribution < 1.29 is 14.3 Å². The summed E-state index contributed by atoms with van der Waals surface area (Å²) >= 11 is 8.08. The Hall–Kier alpha value is -1.47. The lowest BCUT2D eigenvalue weighted by atomic mass is 10.1. The molecular weight excluding hydrogens is 417 g/mol. The van der Waals surface area contributed by atoms with Crippen molar-refractivity contribution >= 4 is 40.1 Å². The van der Waals surface area contributed by atoms with Gasteiger partial charge in [-0.3, -0.25) is 4.79 Å². The van der Waals surface area contributed by atoms with Crippen molar-refractivity contribution in [1.29, 1.82) is 0 Å². The minimum atomic E-state index is -0.143. The highest BCUT2D eigenvalue weighted by Crippen LogP contribution is 2.34. The Balaban J connectivity index is 1.74. The van der Waals surface area contributed by atoms with Crippen molar-refractivity contribution in [1.82, 2.24) is 5.32 Å². The monoisotopic (exact) mass is 429 g/mol. The average molecular weight is 430 g/mol. The van der Waals surface area contributed by atoms with Crippen molar-refractivity contribution in [2.24, 2.45) is 0 Å². The molecule has 0 spiro atoms. The zero-order valence-corrected chi connectivity index (χ0v) is 14.6. The molecule has 0 aromatic heterocycles. The summed E-state index contributed by atoms with van der Waals surface area (Å²) in [7, 11) is 0. The van der Waals surface area contributed by atoms with Crippen LogP contribution in [0.2, 0.25) is 5.02 Å². The molecule has 4 nitrogen and oxygen atoms in total. The highest BCUT2D eigenvalue weighted by atomic mass is 127. The zero-order chi connectivity index (χ0) is 15.7. The van der Waals surface area contributed by atoms with E-state index in [1.54, 1.807) is 18.2 Å². The number of amides is 1. The Bertz CT molecular complexity index is 735. The molecule has 1 aliphatic heterocycles. The largest absolute Gasteiger partial charge is 0.454 e. The normalized spacial score (nSPS) is 13.8. The molecule has 1 N–H and O–H groups in total. The van der Waals surface area contributed by atoms with Gasteiger partial charge in [-0.1, -0.05) is 17.7 Å². The topological polar surface area (TPSA) is 47.6 Å². The fraction of sp³-hybridized carbons (Fsp3) is 0.188. The maximum Gasteiger partial charge on any atom is 0.251 e. The molecule has 1 atom stereocenters. The highest BCUT2D eigenvalue weighted by Gasteiger charge is 2.17. The molecule has 0 saturated carbocycles. The smallest absolute Gasteiger partial charge is 0.251 e. The van der Waals surface area contributed by atoms with Gasteiger partial charge in [-0.15, -0.1) is 0 Å². The van der Waals surface area contributed by atoms with Crippen LogP contribution >= 0.6 is 34.2 Å². The molecule has 1 unspecified atom stereocenters. The Morgan fingerprint density at radius 3 is 2.77 bits per heavy atom. The molecule has 0 fully saturated rings. The van der Waals surface area contributed by atoms with Crippen molar-refractivity contribution in [3.8, 4) is 11.5 Å². The number of nitrogens with one attached hydrogen (secondary N) is 1. The van der Waals surface area contributed by atoms with Crippen molar-refractivity contribution in [2.75, 3.05) is 6.79 Å². The van der Waals surface area contributed by atoms with Gasteiger partial charge in [-0.25, -0.2) is 0 Å². The van der Waals surface area contributed by atoms with Gasteiger partial charge in [0.25, 0.3) is 5.91 Å². The molecule has 114 valence electrons. The molecule has 0 bridgehead atoms. The number of carbonyl (C=O) groups is 1. The summed E-state index contributed by atoms with van der Waals surface area (Å²) in [4.78, 5) is 12.3. The lowest BCUT2D eigenvalue weighted by Gasteiger charge is -2.15. The number of rotatable bonds is 3. The first-order valence-electron chi connectivity index (χ1n) is 6.70. The van der Waals surface area contributed by atoms with E-state index in [2.05, 4.69) is 27.9 Å². The zero-order valence-electron chi connectivity index (χ0n) is 11.7. The maximum atomic E-state index is 12.3. The molecule has 2 aromatic rings. The number of benzene rings is 2. The molecule has 0 aliphatic carbocycles. The van der Waals surface area contributed by atoms with E-state index < -0.39 is 0 Å². The predicted octanol–water partition coefficient (Wildman–Crippen LogP) is 4.16. The summed E-state index contributed by atoms with van der Waals surface area (Å²) in [6.07, 6.45) is 0. The minimum Gasteiger partial charge on any atom is -0.454 e. The Morgan fingerprint density at radius 2 is 2.00 bits per heavy atom. The van der Waals surface area contributed by atoms with E-state index in [0.717, 1.165) is 14.9 Å². The summed E-state index contributed by atoms with van der Waals surface area (Å²) in [5.74, 6) is 1.30. The summed E-state index contributed by atoms with van der Waals surface area (Å²) in [5, 5.41) is 3.61. The molecule has 2 aromatic carbocycles. The van der Waals surface area contributed by atoms with Crippen LogP contribution in [0.1, 0.15) is 28.9 Å². The van der Waals surface area contributed by atoms with Crippen LogP contribution in [0.15, 0.2) is 36.4 Å². The number of fused-ring (bicyclic) bond motifs is 1. The third kappa shape index (κ3) is 3.15.